The third kappa shape index (κ3) is 3.45. The average Bonchev–Trinajstić information content (AvgIpc) is 2.74. The molecule has 146 valence electrons. The molecule has 1 amide bonds. The van der Waals surface area contributed by atoms with Gasteiger partial charge >= 0.3 is 0 Å². The van der Waals surface area contributed by atoms with E-state index in [9.17, 15) is 14.4 Å². The monoisotopic (exact) mass is 390 g/mol. The van der Waals surface area contributed by atoms with Crippen molar-refractivity contribution in [3.63, 3.8) is 0 Å². The minimum absolute atomic E-state index is 0.113. The molecule has 0 bridgehead atoms. The number of rotatable bonds is 5. The van der Waals surface area contributed by atoms with Crippen LogP contribution in [-0.2, 0) is 17.9 Å². The number of nitrogens with zero attached hydrogens (tertiary/aromatic N) is 4. The maximum absolute atomic E-state index is 12.6. The van der Waals surface area contributed by atoms with Gasteiger partial charge in [0.2, 0.25) is 11.4 Å². The zero-order valence-electron chi connectivity index (χ0n) is 15.6. The molecule has 0 unspecified atom stereocenters. The van der Waals surface area contributed by atoms with Gasteiger partial charge in [0.25, 0.3) is 11.5 Å². The van der Waals surface area contributed by atoms with Gasteiger partial charge in [-0.1, -0.05) is 24.3 Å². The number of carbonyl (C=O) groups excluding carboxylic acids is 1. The summed E-state index contributed by atoms with van der Waals surface area (Å²) in [4.78, 5) is 41.4. The Bertz CT molecular complexity index is 1340. The van der Waals surface area contributed by atoms with E-state index in [0.29, 0.717) is 28.4 Å². The number of aromatic nitrogens is 4. The molecule has 0 fully saturated rings. The molecule has 2 aromatic carbocycles. The molecular formula is C20H18N6O3. The Morgan fingerprint density at radius 2 is 1.76 bits per heavy atom. The Kier molecular flexibility index (Phi) is 4.78. The predicted octanol–water partition coefficient (Wildman–Crippen LogP) is 1.27. The topological polar surface area (TPSA) is 111 Å². The summed E-state index contributed by atoms with van der Waals surface area (Å²) in [7, 11) is 0. The molecule has 0 aliphatic carbocycles. The fourth-order valence-corrected chi connectivity index (χ4v) is 3.14. The number of hydrazine groups is 1. The van der Waals surface area contributed by atoms with Gasteiger partial charge < -0.3 is 0 Å². The molecule has 2 N–H and O–H groups in total. The number of benzene rings is 2. The highest BCUT2D eigenvalue weighted by Gasteiger charge is 2.12. The Labute approximate surface area is 164 Å². The second-order valence-electron chi connectivity index (χ2n) is 6.36. The highest BCUT2D eigenvalue weighted by atomic mass is 16.2. The van der Waals surface area contributed by atoms with Crippen LogP contribution in [0.1, 0.15) is 6.92 Å². The second-order valence-corrected chi connectivity index (χ2v) is 6.36. The molecule has 9 heteroatoms. The minimum atomic E-state index is -0.406. The molecule has 0 atom stereocenters. The van der Waals surface area contributed by atoms with Gasteiger partial charge in [0.1, 0.15) is 6.54 Å². The molecule has 0 saturated heterocycles. The molecule has 0 aliphatic heterocycles. The normalized spacial score (nSPS) is 10.9. The van der Waals surface area contributed by atoms with E-state index in [1.807, 2.05) is 6.92 Å². The molecule has 2 aromatic heterocycles. The first-order valence-corrected chi connectivity index (χ1v) is 9.08. The number of hydrogen-bond acceptors (Lipinski definition) is 6. The van der Waals surface area contributed by atoms with Gasteiger partial charge in [-0.05, 0) is 31.2 Å². The van der Waals surface area contributed by atoms with Crippen LogP contribution in [-0.4, -0.2) is 25.2 Å². The van der Waals surface area contributed by atoms with Gasteiger partial charge in [-0.3, -0.25) is 34.5 Å². The number of fused-ring (bicyclic) bond motifs is 2. The summed E-state index contributed by atoms with van der Waals surface area (Å²) in [5.41, 5.74) is 5.97. The van der Waals surface area contributed by atoms with Gasteiger partial charge in [0, 0.05) is 11.9 Å². The molecule has 29 heavy (non-hydrogen) atoms. The second kappa shape index (κ2) is 7.55. The van der Waals surface area contributed by atoms with E-state index in [2.05, 4.69) is 20.9 Å². The first kappa shape index (κ1) is 18.4. The van der Waals surface area contributed by atoms with Crippen molar-refractivity contribution in [1.82, 2.24) is 24.8 Å². The van der Waals surface area contributed by atoms with Crippen molar-refractivity contribution >= 4 is 33.7 Å². The fourth-order valence-electron chi connectivity index (χ4n) is 3.14. The summed E-state index contributed by atoms with van der Waals surface area (Å²) in [6, 6.07) is 14.0. The summed E-state index contributed by atoms with van der Waals surface area (Å²) in [5.74, 6) is -0.168. The van der Waals surface area contributed by atoms with Crippen molar-refractivity contribution in [2.45, 2.75) is 20.0 Å². The van der Waals surface area contributed by atoms with E-state index in [0.717, 1.165) is 0 Å². The average molecular weight is 390 g/mol. The van der Waals surface area contributed by atoms with Crippen LogP contribution < -0.4 is 21.8 Å². The zero-order chi connectivity index (χ0) is 20.4. The smallest absolute Gasteiger partial charge is 0.262 e. The van der Waals surface area contributed by atoms with E-state index in [1.54, 1.807) is 48.5 Å². The SMILES string of the molecule is CCn1c(NNC(=O)Cn2ncc(=O)c3ccccc32)nc2ccccc2c1=O. The Hall–Kier alpha value is -4.01. The number of hydrogen-bond donors (Lipinski definition) is 2. The van der Waals surface area contributed by atoms with E-state index in [1.165, 1.54) is 15.4 Å². The molecule has 4 rings (SSSR count). The molecule has 4 aromatic rings. The standard InChI is InChI=1S/C20H18N6O3/c1-2-25-19(29)13-7-3-5-9-15(13)22-20(25)24-23-18(28)12-26-16-10-6-4-8-14(16)17(27)11-21-26/h3-11H,2,12H2,1H3,(H,22,24)(H,23,28). The third-order valence-electron chi connectivity index (χ3n) is 4.55. The zero-order valence-corrected chi connectivity index (χ0v) is 15.6. The molecule has 0 saturated carbocycles. The fraction of sp³-hybridized carbons (Fsp3) is 0.150. The third-order valence-corrected chi connectivity index (χ3v) is 4.55. The number of para-hydroxylation sites is 2. The largest absolute Gasteiger partial charge is 0.287 e. The van der Waals surface area contributed by atoms with Crippen molar-refractivity contribution in [1.29, 1.82) is 0 Å². The highest BCUT2D eigenvalue weighted by Crippen LogP contribution is 2.11. The molecule has 0 radical (unpaired) electrons. The maximum Gasteiger partial charge on any atom is 0.262 e. The number of nitrogens with one attached hydrogen (secondary N) is 2. The van der Waals surface area contributed by atoms with Crippen LogP contribution in [0.4, 0.5) is 5.95 Å². The van der Waals surface area contributed by atoms with Crippen LogP contribution in [0.15, 0.2) is 64.3 Å². The van der Waals surface area contributed by atoms with E-state index in [4.69, 9.17) is 0 Å². The predicted molar refractivity (Wildman–Crippen MR) is 109 cm³/mol. The minimum Gasteiger partial charge on any atom is -0.287 e. The quantitative estimate of drug-likeness (QED) is 0.497. The lowest BCUT2D eigenvalue weighted by Gasteiger charge is -2.14. The van der Waals surface area contributed by atoms with Crippen molar-refractivity contribution in [2.75, 3.05) is 5.43 Å². The molecular weight excluding hydrogens is 372 g/mol. The van der Waals surface area contributed by atoms with Gasteiger partial charge in [-0.2, -0.15) is 5.10 Å². The molecule has 0 spiro atoms. The van der Waals surface area contributed by atoms with Crippen LogP contribution in [0.2, 0.25) is 0 Å². The van der Waals surface area contributed by atoms with E-state index >= 15 is 0 Å². The van der Waals surface area contributed by atoms with Gasteiger partial charge in [0.15, 0.2) is 0 Å². The van der Waals surface area contributed by atoms with Gasteiger partial charge in [0.05, 0.1) is 22.6 Å². The van der Waals surface area contributed by atoms with Crippen LogP contribution >= 0.6 is 0 Å². The van der Waals surface area contributed by atoms with Gasteiger partial charge in [-0.25, -0.2) is 4.98 Å². The summed E-state index contributed by atoms with van der Waals surface area (Å²) >= 11 is 0. The summed E-state index contributed by atoms with van der Waals surface area (Å²) in [6.45, 7) is 2.10. The first-order chi connectivity index (χ1) is 14.1. The lowest BCUT2D eigenvalue weighted by molar-refractivity contribution is -0.121. The summed E-state index contributed by atoms with van der Waals surface area (Å²) in [6.07, 6.45) is 1.18. The molecule has 0 aliphatic rings. The number of carbonyl (C=O) groups is 1. The summed E-state index contributed by atoms with van der Waals surface area (Å²) in [5, 5.41) is 5.03. The Morgan fingerprint density at radius 3 is 2.55 bits per heavy atom. The lowest BCUT2D eigenvalue weighted by Crippen LogP contribution is -2.36. The van der Waals surface area contributed by atoms with Crippen molar-refractivity contribution in [3.05, 3.63) is 75.3 Å². The van der Waals surface area contributed by atoms with Crippen molar-refractivity contribution in [3.8, 4) is 0 Å². The van der Waals surface area contributed by atoms with Crippen LogP contribution in [0.5, 0.6) is 0 Å². The maximum atomic E-state index is 12.6. The van der Waals surface area contributed by atoms with E-state index in [-0.39, 0.29) is 23.5 Å². The van der Waals surface area contributed by atoms with Crippen LogP contribution in [0.25, 0.3) is 21.8 Å². The van der Waals surface area contributed by atoms with Crippen molar-refractivity contribution < 1.29 is 4.79 Å². The van der Waals surface area contributed by atoms with Gasteiger partial charge in [-0.15, -0.1) is 0 Å². The Balaban J connectivity index is 1.57. The van der Waals surface area contributed by atoms with Crippen molar-refractivity contribution in [2.24, 2.45) is 0 Å². The Morgan fingerprint density at radius 1 is 1.03 bits per heavy atom. The van der Waals surface area contributed by atoms with Crippen LogP contribution in [0.3, 0.4) is 0 Å². The summed E-state index contributed by atoms with van der Waals surface area (Å²) < 4.78 is 2.88. The molecule has 9 nitrogen and oxygen atoms in total. The molecule has 2 heterocycles. The lowest BCUT2D eigenvalue weighted by atomic mass is 10.2. The first-order valence-electron chi connectivity index (χ1n) is 9.08. The van der Waals surface area contributed by atoms with Crippen LogP contribution in [0, 0.1) is 0 Å². The highest BCUT2D eigenvalue weighted by molar-refractivity contribution is 5.82. The number of anilines is 1. The van der Waals surface area contributed by atoms with E-state index < -0.39 is 5.91 Å². The number of amides is 1.